The maximum absolute atomic E-state index is 12.6. The van der Waals surface area contributed by atoms with Gasteiger partial charge >= 0.3 is 0 Å². The molecule has 7 nitrogen and oxygen atoms in total. The number of aryl methyl sites for hydroxylation is 2. The minimum atomic E-state index is -3.52. The van der Waals surface area contributed by atoms with Gasteiger partial charge in [-0.25, -0.2) is 17.7 Å². The number of sulfonamides is 1. The first kappa shape index (κ1) is 22.0. The van der Waals surface area contributed by atoms with E-state index in [-0.39, 0.29) is 10.8 Å². The Morgan fingerprint density at radius 2 is 1.77 bits per heavy atom. The monoisotopic (exact) mass is 428 g/mol. The summed E-state index contributed by atoms with van der Waals surface area (Å²) < 4.78 is 28.1. The van der Waals surface area contributed by atoms with Gasteiger partial charge in [-0.3, -0.25) is 4.79 Å². The largest absolute Gasteiger partial charge is 0.341 e. The normalized spacial score (nSPS) is 11.9. The average molecular weight is 429 g/mol. The number of imidazole rings is 1. The fraction of sp³-hybridized carbons (Fsp3) is 0.364. The molecule has 0 saturated carbocycles. The molecule has 160 valence electrons. The van der Waals surface area contributed by atoms with Crippen LogP contribution in [0.5, 0.6) is 0 Å². The zero-order valence-electron chi connectivity index (χ0n) is 17.9. The number of hydrogen-bond acceptors (Lipinski definition) is 4. The predicted octanol–water partition coefficient (Wildman–Crippen LogP) is 2.90. The fourth-order valence-corrected chi connectivity index (χ4v) is 4.35. The number of carbonyl (C=O) groups excluding carboxylic acids is 1. The topological polar surface area (TPSA) is 75.5 Å². The molecule has 1 aromatic heterocycles. The number of carbonyl (C=O) groups is 1. The van der Waals surface area contributed by atoms with E-state index in [0.717, 1.165) is 16.9 Å². The lowest BCUT2D eigenvalue weighted by Gasteiger charge is -2.17. The van der Waals surface area contributed by atoms with Gasteiger partial charge in [-0.2, -0.15) is 0 Å². The van der Waals surface area contributed by atoms with E-state index in [0.29, 0.717) is 31.4 Å². The molecule has 30 heavy (non-hydrogen) atoms. The minimum absolute atomic E-state index is 0.0458. The van der Waals surface area contributed by atoms with Crippen molar-refractivity contribution in [3.05, 3.63) is 59.9 Å². The standard InChI is InChI=1S/C22H28N4O3S/c1-5-26-20-12-11-18(30(28,29)24(2)3)15-19(20)23-21(26)13-14-22(27)25(4)16-17-9-7-6-8-10-17/h6-12,15H,5,13-14,16H2,1-4H3. The molecular weight excluding hydrogens is 400 g/mol. The zero-order valence-corrected chi connectivity index (χ0v) is 18.7. The molecule has 0 spiro atoms. The summed E-state index contributed by atoms with van der Waals surface area (Å²) in [4.78, 5) is 19.2. The van der Waals surface area contributed by atoms with Crippen molar-refractivity contribution in [3.63, 3.8) is 0 Å². The highest BCUT2D eigenvalue weighted by atomic mass is 32.2. The summed E-state index contributed by atoms with van der Waals surface area (Å²) in [6.45, 7) is 3.27. The second-order valence-electron chi connectivity index (χ2n) is 7.45. The van der Waals surface area contributed by atoms with Crippen molar-refractivity contribution in [3.8, 4) is 0 Å². The van der Waals surface area contributed by atoms with Crippen molar-refractivity contribution < 1.29 is 13.2 Å². The predicted molar refractivity (Wildman–Crippen MR) is 118 cm³/mol. The molecule has 0 fully saturated rings. The highest BCUT2D eigenvalue weighted by Crippen LogP contribution is 2.23. The van der Waals surface area contributed by atoms with Gasteiger partial charge in [-0.15, -0.1) is 0 Å². The lowest BCUT2D eigenvalue weighted by molar-refractivity contribution is -0.130. The number of benzene rings is 2. The van der Waals surface area contributed by atoms with Crippen LogP contribution in [0.4, 0.5) is 0 Å². The summed E-state index contributed by atoms with van der Waals surface area (Å²) in [7, 11) is 1.29. The molecular formula is C22H28N4O3S. The Hall–Kier alpha value is -2.71. The maximum atomic E-state index is 12.6. The van der Waals surface area contributed by atoms with Gasteiger partial charge in [0.25, 0.3) is 0 Å². The smallest absolute Gasteiger partial charge is 0.242 e. The Morgan fingerprint density at radius 1 is 1.07 bits per heavy atom. The zero-order chi connectivity index (χ0) is 21.9. The van der Waals surface area contributed by atoms with Gasteiger partial charge in [-0.1, -0.05) is 30.3 Å². The lowest BCUT2D eigenvalue weighted by atomic mass is 10.2. The summed E-state index contributed by atoms with van der Waals surface area (Å²) in [6, 6.07) is 14.9. The Balaban J connectivity index is 1.77. The van der Waals surface area contributed by atoms with Crippen LogP contribution in [0.3, 0.4) is 0 Å². The van der Waals surface area contributed by atoms with E-state index in [2.05, 4.69) is 4.98 Å². The third kappa shape index (κ3) is 4.55. The number of nitrogens with zero attached hydrogens (tertiary/aromatic N) is 4. The molecule has 0 aliphatic carbocycles. The third-order valence-electron chi connectivity index (χ3n) is 5.14. The maximum Gasteiger partial charge on any atom is 0.242 e. The molecule has 0 saturated heterocycles. The van der Waals surface area contributed by atoms with Gasteiger partial charge < -0.3 is 9.47 Å². The van der Waals surface area contributed by atoms with E-state index >= 15 is 0 Å². The number of aromatic nitrogens is 2. The molecule has 3 aromatic rings. The lowest BCUT2D eigenvalue weighted by Crippen LogP contribution is -2.26. The van der Waals surface area contributed by atoms with Crippen LogP contribution in [-0.2, 0) is 34.3 Å². The molecule has 0 radical (unpaired) electrons. The summed E-state index contributed by atoms with van der Waals surface area (Å²) in [5, 5.41) is 0. The molecule has 2 aromatic carbocycles. The van der Waals surface area contributed by atoms with Gasteiger partial charge in [0.05, 0.1) is 15.9 Å². The Morgan fingerprint density at radius 3 is 2.40 bits per heavy atom. The quantitative estimate of drug-likeness (QED) is 0.553. The Labute approximate surface area is 178 Å². The third-order valence-corrected chi connectivity index (χ3v) is 6.96. The number of rotatable bonds is 8. The van der Waals surface area contributed by atoms with E-state index in [1.54, 1.807) is 30.1 Å². The van der Waals surface area contributed by atoms with Crippen LogP contribution < -0.4 is 0 Å². The SMILES string of the molecule is CCn1c(CCC(=O)N(C)Cc2ccccc2)nc2cc(S(=O)(=O)N(C)C)ccc21. The summed E-state index contributed by atoms with van der Waals surface area (Å²) >= 11 is 0. The van der Waals surface area contributed by atoms with Gasteiger partial charge in [0, 0.05) is 47.1 Å². The first-order valence-electron chi connectivity index (χ1n) is 9.93. The summed E-state index contributed by atoms with van der Waals surface area (Å²) in [5.41, 5.74) is 2.58. The molecule has 1 heterocycles. The molecule has 3 rings (SSSR count). The van der Waals surface area contributed by atoms with Crippen molar-refractivity contribution in [2.75, 3.05) is 21.1 Å². The summed E-state index contributed by atoms with van der Waals surface area (Å²) in [5.74, 6) is 0.831. The number of hydrogen-bond donors (Lipinski definition) is 0. The average Bonchev–Trinajstić information content (AvgIpc) is 3.09. The molecule has 0 unspecified atom stereocenters. The Bertz CT molecular complexity index is 1140. The first-order chi connectivity index (χ1) is 14.2. The van der Waals surface area contributed by atoms with Crippen LogP contribution in [0, 0.1) is 0 Å². The van der Waals surface area contributed by atoms with Gasteiger partial charge in [0.1, 0.15) is 5.82 Å². The summed E-state index contributed by atoms with van der Waals surface area (Å²) in [6.07, 6.45) is 0.839. The second-order valence-corrected chi connectivity index (χ2v) is 9.60. The molecule has 0 N–H and O–H groups in total. The van der Waals surface area contributed by atoms with E-state index in [1.807, 2.05) is 41.8 Å². The number of amides is 1. The van der Waals surface area contributed by atoms with E-state index in [4.69, 9.17) is 0 Å². The molecule has 0 atom stereocenters. The van der Waals surface area contributed by atoms with E-state index in [9.17, 15) is 13.2 Å². The highest BCUT2D eigenvalue weighted by Gasteiger charge is 2.20. The van der Waals surface area contributed by atoms with Crippen LogP contribution in [-0.4, -0.2) is 54.2 Å². The van der Waals surface area contributed by atoms with Crippen molar-refractivity contribution in [2.45, 2.75) is 37.8 Å². The molecule has 0 bridgehead atoms. The van der Waals surface area contributed by atoms with Crippen LogP contribution in [0.1, 0.15) is 24.7 Å². The highest BCUT2D eigenvalue weighted by molar-refractivity contribution is 7.89. The van der Waals surface area contributed by atoms with Crippen molar-refractivity contribution >= 4 is 27.0 Å². The van der Waals surface area contributed by atoms with Crippen LogP contribution >= 0.6 is 0 Å². The number of fused-ring (bicyclic) bond motifs is 1. The molecule has 0 aliphatic rings. The van der Waals surface area contributed by atoms with Crippen LogP contribution in [0.15, 0.2) is 53.4 Å². The van der Waals surface area contributed by atoms with E-state index < -0.39 is 10.0 Å². The minimum Gasteiger partial charge on any atom is -0.341 e. The van der Waals surface area contributed by atoms with Gasteiger partial charge in [-0.05, 0) is 30.7 Å². The van der Waals surface area contributed by atoms with Crippen LogP contribution in [0.25, 0.3) is 11.0 Å². The fourth-order valence-electron chi connectivity index (χ4n) is 3.43. The van der Waals surface area contributed by atoms with Crippen molar-refractivity contribution in [1.29, 1.82) is 0 Å². The van der Waals surface area contributed by atoms with Crippen molar-refractivity contribution in [2.24, 2.45) is 0 Å². The molecule has 8 heteroatoms. The molecule has 0 aliphatic heterocycles. The Kier molecular flexibility index (Phi) is 6.58. The van der Waals surface area contributed by atoms with E-state index in [1.165, 1.54) is 18.4 Å². The first-order valence-corrected chi connectivity index (χ1v) is 11.4. The second kappa shape index (κ2) is 8.97. The van der Waals surface area contributed by atoms with Gasteiger partial charge in [0.15, 0.2) is 0 Å². The van der Waals surface area contributed by atoms with Crippen LogP contribution in [0.2, 0.25) is 0 Å². The molecule has 1 amide bonds. The van der Waals surface area contributed by atoms with Gasteiger partial charge in [0.2, 0.25) is 15.9 Å². The van der Waals surface area contributed by atoms with Crippen molar-refractivity contribution in [1.82, 2.24) is 18.8 Å².